The van der Waals surface area contributed by atoms with E-state index in [2.05, 4.69) is 27.6 Å². The number of hydrogen-bond donors (Lipinski definition) is 1. The summed E-state index contributed by atoms with van der Waals surface area (Å²) in [7, 11) is 2.01. The Morgan fingerprint density at radius 1 is 1.35 bits per heavy atom. The largest absolute Gasteiger partial charge is 0.484 e. The molecule has 0 bridgehead atoms. The molecule has 1 aliphatic carbocycles. The molecule has 0 saturated heterocycles. The maximum absolute atomic E-state index is 5.73. The average molecular weight is 273 g/mol. The van der Waals surface area contributed by atoms with E-state index in [1.165, 1.54) is 11.1 Å². The summed E-state index contributed by atoms with van der Waals surface area (Å²) in [6.45, 7) is 2.30. The number of nitrogens with one attached hydrogen (secondary N) is 1. The van der Waals surface area contributed by atoms with E-state index in [9.17, 15) is 0 Å². The van der Waals surface area contributed by atoms with E-state index >= 15 is 0 Å². The highest BCUT2D eigenvalue weighted by atomic mass is 16.5. The van der Waals surface area contributed by atoms with Crippen LogP contribution < -0.4 is 10.1 Å². The fraction of sp³-hybridized carbons (Fsp3) is 0.467. The number of hydrogen-bond acceptors (Lipinski definition) is 5. The first-order valence-electron chi connectivity index (χ1n) is 7.04. The molecule has 0 amide bonds. The zero-order chi connectivity index (χ0) is 13.9. The van der Waals surface area contributed by atoms with E-state index in [0.29, 0.717) is 24.4 Å². The molecule has 5 nitrogen and oxygen atoms in total. The van der Waals surface area contributed by atoms with Crippen molar-refractivity contribution in [3.05, 3.63) is 41.1 Å². The summed E-state index contributed by atoms with van der Waals surface area (Å²) in [6.07, 6.45) is 2.99. The molecule has 1 aromatic carbocycles. The van der Waals surface area contributed by atoms with Crippen molar-refractivity contribution in [3.8, 4) is 5.75 Å². The lowest BCUT2D eigenvalue weighted by Gasteiger charge is -2.10. The van der Waals surface area contributed by atoms with Gasteiger partial charge in [-0.1, -0.05) is 13.0 Å². The van der Waals surface area contributed by atoms with Crippen LogP contribution in [0.1, 0.15) is 42.3 Å². The molecule has 1 aliphatic rings. The van der Waals surface area contributed by atoms with Crippen molar-refractivity contribution in [1.29, 1.82) is 0 Å². The van der Waals surface area contributed by atoms with Gasteiger partial charge in [0, 0.05) is 12.5 Å². The Hall–Kier alpha value is -1.88. The molecule has 1 heterocycles. The molecule has 0 radical (unpaired) electrons. The minimum Gasteiger partial charge on any atom is -0.484 e. The van der Waals surface area contributed by atoms with Gasteiger partial charge in [0.2, 0.25) is 5.89 Å². The lowest BCUT2D eigenvalue weighted by Crippen LogP contribution is -2.12. The minimum atomic E-state index is 0.321. The quantitative estimate of drug-likeness (QED) is 0.906. The highest BCUT2D eigenvalue weighted by molar-refractivity contribution is 5.40. The summed E-state index contributed by atoms with van der Waals surface area (Å²) >= 11 is 0. The zero-order valence-electron chi connectivity index (χ0n) is 11.8. The molecule has 1 aromatic heterocycles. The van der Waals surface area contributed by atoms with Gasteiger partial charge < -0.3 is 14.5 Å². The van der Waals surface area contributed by atoms with Gasteiger partial charge >= 0.3 is 0 Å². The third-order valence-corrected chi connectivity index (χ3v) is 3.71. The summed E-state index contributed by atoms with van der Waals surface area (Å²) < 4.78 is 11.2. The van der Waals surface area contributed by atoms with Crippen molar-refractivity contribution in [2.75, 3.05) is 7.05 Å². The second-order valence-corrected chi connectivity index (χ2v) is 4.97. The van der Waals surface area contributed by atoms with Crippen LogP contribution in [0, 0.1) is 0 Å². The van der Waals surface area contributed by atoms with Gasteiger partial charge in [-0.25, -0.2) is 0 Å². The smallest absolute Gasteiger partial charge is 0.253 e. The van der Waals surface area contributed by atoms with Gasteiger partial charge in [0.25, 0.3) is 5.89 Å². The Balaban J connectivity index is 1.67. The lowest BCUT2D eigenvalue weighted by molar-refractivity contribution is 0.259. The third-order valence-electron chi connectivity index (χ3n) is 3.71. The van der Waals surface area contributed by atoms with Gasteiger partial charge in [-0.15, -0.1) is 10.2 Å². The van der Waals surface area contributed by atoms with Gasteiger partial charge in [-0.2, -0.15) is 0 Å². The summed E-state index contributed by atoms with van der Waals surface area (Å²) in [6, 6.07) is 6.74. The fourth-order valence-electron chi connectivity index (χ4n) is 2.62. The molecule has 5 heteroatoms. The van der Waals surface area contributed by atoms with Gasteiger partial charge in [0.1, 0.15) is 5.75 Å². The van der Waals surface area contributed by atoms with Crippen molar-refractivity contribution in [2.45, 2.75) is 38.8 Å². The van der Waals surface area contributed by atoms with Gasteiger partial charge in [0.05, 0.1) is 0 Å². The molecule has 1 unspecified atom stereocenters. The van der Waals surface area contributed by atoms with Crippen LogP contribution in [-0.4, -0.2) is 17.2 Å². The molecule has 20 heavy (non-hydrogen) atoms. The highest BCUT2D eigenvalue weighted by Crippen LogP contribution is 2.33. The van der Waals surface area contributed by atoms with Crippen LogP contribution in [0.25, 0.3) is 0 Å². The number of fused-ring (bicyclic) bond motifs is 1. The van der Waals surface area contributed by atoms with Gasteiger partial charge in [0.15, 0.2) is 6.61 Å². The zero-order valence-corrected chi connectivity index (χ0v) is 11.8. The number of nitrogens with zero attached hydrogens (tertiary/aromatic N) is 2. The van der Waals surface area contributed by atoms with Crippen LogP contribution in [0.3, 0.4) is 0 Å². The first-order chi connectivity index (χ1) is 9.80. The molecule has 0 aliphatic heterocycles. The van der Waals surface area contributed by atoms with Gasteiger partial charge in [-0.05, 0) is 43.1 Å². The number of aromatic nitrogens is 2. The first-order valence-corrected chi connectivity index (χ1v) is 7.04. The van der Waals surface area contributed by atoms with Crippen molar-refractivity contribution in [2.24, 2.45) is 0 Å². The van der Waals surface area contributed by atoms with Crippen molar-refractivity contribution in [1.82, 2.24) is 15.5 Å². The Morgan fingerprint density at radius 3 is 2.95 bits per heavy atom. The molecule has 106 valence electrons. The monoisotopic (exact) mass is 273 g/mol. The second kappa shape index (κ2) is 5.63. The SMILES string of the molecule is CCc1nnc(COc2ccc3c(c2)CCC3NC)o1. The molecule has 3 rings (SSSR count). The lowest BCUT2D eigenvalue weighted by atomic mass is 10.1. The molecule has 2 aromatic rings. The Bertz CT molecular complexity index is 595. The molecule has 0 fully saturated rings. The number of aryl methyl sites for hydroxylation is 2. The maximum atomic E-state index is 5.73. The van der Waals surface area contributed by atoms with Crippen LogP contribution in [0.2, 0.25) is 0 Å². The van der Waals surface area contributed by atoms with Crippen molar-refractivity contribution < 1.29 is 9.15 Å². The van der Waals surface area contributed by atoms with E-state index in [1.807, 2.05) is 20.0 Å². The molecule has 1 atom stereocenters. The summed E-state index contributed by atoms with van der Waals surface area (Å²) in [4.78, 5) is 0. The minimum absolute atomic E-state index is 0.321. The molecular weight excluding hydrogens is 254 g/mol. The van der Waals surface area contributed by atoms with Crippen LogP contribution >= 0.6 is 0 Å². The Kier molecular flexibility index (Phi) is 3.69. The maximum Gasteiger partial charge on any atom is 0.253 e. The predicted octanol–water partition coefficient (Wildman–Crippen LogP) is 2.42. The van der Waals surface area contributed by atoms with Gasteiger partial charge in [-0.3, -0.25) is 0 Å². The fourth-order valence-corrected chi connectivity index (χ4v) is 2.62. The molecule has 1 N–H and O–H groups in total. The molecule has 0 spiro atoms. The predicted molar refractivity (Wildman–Crippen MR) is 74.6 cm³/mol. The number of benzene rings is 1. The van der Waals surface area contributed by atoms with Crippen molar-refractivity contribution >= 4 is 0 Å². The van der Waals surface area contributed by atoms with Crippen LogP contribution in [0.15, 0.2) is 22.6 Å². The van der Waals surface area contributed by atoms with E-state index in [-0.39, 0.29) is 0 Å². The van der Waals surface area contributed by atoms with E-state index in [4.69, 9.17) is 9.15 Å². The van der Waals surface area contributed by atoms with E-state index in [0.717, 1.165) is 25.0 Å². The van der Waals surface area contributed by atoms with Crippen molar-refractivity contribution in [3.63, 3.8) is 0 Å². The van der Waals surface area contributed by atoms with Crippen LogP contribution in [0.5, 0.6) is 5.75 Å². The van der Waals surface area contributed by atoms with Crippen LogP contribution in [0.4, 0.5) is 0 Å². The average Bonchev–Trinajstić information content (AvgIpc) is 3.10. The third kappa shape index (κ3) is 2.54. The summed E-state index contributed by atoms with van der Waals surface area (Å²) in [5.74, 6) is 2.03. The van der Waals surface area contributed by atoms with Crippen LogP contribution in [-0.2, 0) is 19.4 Å². The first kappa shape index (κ1) is 13.1. The number of rotatable bonds is 5. The topological polar surface area (TPSA) is 60.2 Å². The standard InChI is InChI=1S/C15H19N3O2/c1-3-14-17-18-15(20-14)9-19-11-5-6-12-10(8-11)4-7-13(12)16-2/h5-6,8,13,16H,3-4,7,9H2,1-2H3. The Labute approximate surface area is 118 Å². The van der Waals surface area contributed by atoms with E-state index < -0.39 is 0 Å². The normalized spacial score (nSPS) is 17.2. The molecule has 0 saturated carbocycles. The number of ether oxygens (including phenoxy) is 1. The summed E-state index contributed by atoms with van der Waals surface area (Å²) in [5.41, 5.74) is 2.74. The second-order valence-electron chi connectivity index (χ2n) is 4.97. The highest BCUT2D eigenvalue weighted by Gasteiger charge is 2.21. The Morgan fingerprint density at radius 2 is 2.20 bits per heavy atom. The van der Waals surface area contributed by atoms with E-state index in [1.54, 1.807) is 0 Å². The summed E-state index contributed by atoms with van der Waals surface area (Å²) in [5, 5.41) is 11.2. The molecular formula is C15H19N3O2.